The molecule has 9 nitrogen and oxygen atoms in total. The SMILES string of the molecule is CC[C@H](C)NC(=O)[C@H](C)N(Cc1cccc(OC)c1)C(=O)CN(c1ccc(OCc2ccccc2)cc1)S(C)(=O)=O. The van der Waals surface area contributed by atoms with Gasteiger partial charge in [-0.2, -0.15) is 0 Å². The molecule has 0 heterocycles. The molecule has 0 aliphatic heterocycles. The van der Waals surface area contributed by atoms with Gasteiger partial charge in [-0.25, -0.2) is 8.42 Å². The minimum absolute atomic E-state index is 0.0751. The van der Waals surface area contributed by atoms with E-state index < -0.39 is 28.5 Å². The van der Waals surface area contributed by atoms with Gasteiger partial charge in [0, 0.05) is 12.6 Å². The molecule has 1 N–H and O–H groups in total. The van der Waals surface area contributed by atoms with Gasteiger partial charge in [0.05, 0.1) is 19.1 Å². The summed E-state index contributed by atoms with van der Waals surface area (Å²) in [4.78, 5) is 28.2. The standard InChI is InChI=1S/C31H39N3O6S/c1-6-23(2)32-31(36)24(3)33(20-26-13-10-14-29(19-26)39-4)30(35)21-34(41(5,37)38)27-15-17-28(18-16-27)40-22-25-11-8-7-9-12-25/h7-19,23-24H,6,20-22H2,1-5H3,(H,32,36)/t23-,24-/m0/s1. The fourth-order valence-electron chi connectivity index (χ4n) is 4.08. The minimum Gasteiger partial charge on any atom is -0.497 e. The van der Waals surface area contributed by atoms with Crippen LogP contribution in [0.3, 0.4) is 0 Å². The van der Waals surface area contributed by atoms with E-state index in [-0.39, 0.29) is 18.5 Å². The molecule has 0 aromatic heterocycles. The number of sulfonamides is 1. The van der Waals surface area contributed by atoms with Gasteiger partial charge in [0.15, 0.2) is 0 Å². The van der Waals surface area contributed by atoms with E-state index in [1.807, 2.05) is 50.2 Å². The van der Waals surface area contributed by atoms with E-state index in [9.17, 15) is 18.0 Å². The lowest BCUT2D eigenvalue weighted by Gasteiger charge is -2.32. The van der Waals surface area contributed by atoms with Crippen molar-refractivity contribution in [3.8, 4) is 11.5 Å². The normalized spacial score (nSPS) is 12.6. The molecule has 0 saturated heterocycles. The van der Waals surface area contributed by atoms with E-state index in [1.165, 1.54) is 4.90 Å². The third-order valence-electron chi connectivity index (χ3n) is 6.71. The van der Waals surface area contributed by atoms with Crippen LogP contribution in [0, 0.1) is 0 Å². The molecule has 220 valence electrons. The molecule has 3 rings (SSSR count). The second-order valence-electron chi connectivity index (χ2n) is 9.90. The van der Waals surface area contributed by atoms with E-state index in [2.05, 4.69) is 5.32 Å². The first kappa shape index (κ1) is 31.5. The highest BCUT2D eigenvalue weighted by Gasteiger charge is 2.30. The van der Waals surface area contributed by atoms with Crippen molar-refractivity contribution in [2.45, 2.75) is 52.4 Å². The number of anilines is 1. The van der Waals surface area contributed by atoms with Crippen LogP contribution >= 0.6 is 0 Å². The summed E-state index contributed by atoms with van der Waals surface area (Å²) >= 11 is 0. The summed E-state index contributed by atoms with van der Waals surface area (Å²) < 4.78 is 37.9. The maximum absolute atomic E-state index is 13.7. The van der Waals surface area contributed by atoms with Gasteiger partial charge >= 0.3 is 0 Å². The van der Waals surface area contributed by atoms with Crippen LogP contribution in [-0.4, -0.2) is 57.1 Å². The number of benzene rings is 3. The highest BCUT2D eigenvalue weighted by atomic mass is 32.2. The molecule has 0 radical (unpaired) electrons. The van der Waals surface area contributed by atoms with Gasteiger partial charge < -0.3 is 19.7 Å². The van der Waals surface area contributed by atoms with Crippen LogP contribution in [-0.2, 0) is 32.8 Å². The lowest BCUT2D eigenvalue weighted by Crippen LogP contribution is -2.52. The Labute approximate surface area is 243 Å². The third kappa shape index (κ3) is 9.24. The van der Waals surface area contributed by atoms with Crippen LogP contribution in [0.4, 0.5) is 5.69 Å². The van der Waals surface area contributed by atoms with E-state index in [4.69, 9.17) is 9.47 Å². The number of nitrogens with zero attached hydrogens (tertiary/aromatic N) is 2. The van der Waals surface area contributed by atoms with Crippen molar-refractivity contribution in [3.63, 3.8) is 0 Å². The number of methoxy groups -OCH3 is 1. The Hall–Kier alpha value is -4.05. The lowest BCUT2D eigenvalue weighted by molar-refractivity contribution is -0.139. The van der Waals surface area contributed by atoms with Crippen molar-refractivity contribution in [2.75, 3.05) is 24.2 Å². The van der Waals surface area contributed by atoms with Gasteiger partial charge in [-0.15, -0.1) is 0 Å². The zero-order chi connectivity index (χ0) is 30.0. The summed E-state index contributed by atoms with van der Waals surface area (Å²) in [6.45, 7) is 5.46. The number of amides is 2. The van der Waals surface area contributed by atoms with Crippen molar-refractivity contribution < 1.29 is 27.5 Å². The summed E-state index contributed by atoms with van der Waals surface area (Å²) in [5.41, 5.74) is 2.06. The molecule has 3 aromatic rings. The summed E-state index contributed by atoms with van der Waals surface area (Å²) in [5.74, 6) is 0.335. The second kappa shape index (κ2) is 14.5. The summed E-state index contributed by atoms with van der Waals surface area (Å²) in [7, 11) is -2.29. The molecule has 0 saturated carbocycles. The largest absolute Gasteiger partial charge is 0.497 e. The van der Waals surface area contributed by atoms with Crippen LogP contribution in [0.2, 0.25) is 0 Å². The first-order chi connectivity index (χ1) is 19.5. The van der Waals surface area contributed by atoms with Gasteiger partial charge in [0.25, 0.3) is 0 Å². The van der Waals surface area contributed by atoms with Crippen molar-refractivity contribution in [2.24, 2.45) is 0 Å². The number of hydrogen-bond acceptors (Lipinski definition) is 6. The Morgan fingerprint density at radius 1 is 0.902 bits per heavy atom. The van der Waals surface area contributed by atoms with Crippen LogP contribution in [0.15, 0.2) is 78.9 Å². The van der Waals surface area contributed by atoms with Crippen molar-refractivity contribution >= 4 is 27.5 Å². The number of nitrogens with one attached hydrogen (secondary N) is 1. The van der Waals surface area contributed by atoms with Crippen molar-refractivity contribution in [1.82, 2.24) is 10.2 Å². The van der Waals surface area contributed by atoms with E-state index >= 15 is 0 Å². The quantitative estimate of drug-likeness (QED) is 0.303. The van der Waals surface area contributed by atoms with Crippen LogP contribution < -0.4 is 19.1 Å². The Bertz CT molecular complexity index is 1400. The average molecular weight is 582 g/mol. The smallest absolute Gasteiger partial charge is 0.244 e. The van der Waals surface area contributed by atoms with E-state index in [1.54, 1.807) is 56.5 Å². The second-order valence-corrected chi connectivity index (χ2v) is 11.8. The number of carbonyl (C=O) groups is 2. The molecule has 0 spiro atoms. The number of hydrogen-bond donors (Lipinski definition) is 1. The molecule has 41 heavy (non-hydrogen) atoms. The van der Waals surface area contributed by atoms with Crippen molar-refractivity contribution in [1.29, 1.82) is 0 Å². The van der Waals surface area contributed by atoms with E-state index in [0.29, 0.717) is 23.8 Å². The first-order valence-electron chi connectivity index (χ1n) is 13.5. The Balaban J connectivity index is 1.83. The van der Waals surface area contributed by atoms with Gasteiger partial charge in [0.2, 0.25) is 21.8 Å². The molecule has 10 heteroatoms. The summed E-state index contributed by atoms with van der Waals surface area (Å²) in [6.07, 6.45) is 1.78. The van der Waals surface area contributed by atoms with E-state index in [0.717, 1.165) is 28.1 Å². The topological polar surface area (TPSA) is 105 Å². The number of rotatable bonds is 14. The molecule has 0 bridgehead atoms. The first-order valence-corrected chi connectivity index (χ1v) is 15.3. The Morgan fingerprint density at radius 2 is 1.56 bits per heavy atom. The molecule has 0 aliphatic rings. The maximum Gasteiger partial charge on any atom is 0.244 e. The van der Waals surface area contributed by atoms with Gasteiger partial charge in [-0.05, 0) is 67.8 Å². The maximum atomic E-state index is 13.7. The number of carbonyl (C=O) groups excluding carboxylic acids is 2. The monoisotopic (exact) mass is 581 g/mol. The zero-order valence-electron chi connectivity index (χ0n) is 24.2. The fourth-order valence-corrected chi connectivity index (χ4v) is 4.93. The number of ether oxygens (including phenoxy) is 2. The zero-order valence-corrected chi connectivity index (χ0v) is 25.1. The molecule has 0 aliphatic carbocycles. The third-order valence-corrected chi connectivity index (χ3v) is 7.85. The van der Waals surface area contributed by atoms with Crippen LogP contribution in [0.1, 0.15) is 38.3 Å². The molecular formula is C31H39N3O6S. The predicted molar refractivity (Wildman–Crippen MR) is 160 cm³/mol. The molecule has 0 unspecified atom stereocenters. The fraction of sp³-hybridized carbons (Fsp3) is 0.355. The van der Waals surface area contributed by atoms with Crippen LogP contribution in [0.5, 0.6) is 11.5 Å². The van der Waals surface area contributed by atoms with Gasteiger partial charge in [-0.3, -0.25) is 13.9 Å². The van der Waals surface area contributed by atoms with Gasteiger partial charge in [-0.1, -0.05) is 49.4 Å². The van der Waals surface area contributed by atoms with Crippen LogP contribution in [0.25, 0.3) is 0 Å². The lowest BCUT2D eigenvalue weighted by atomic mass is 10.1. The minimum atomic E-state index is -3.84. The summed E-state index contributed by atoms with van der Waals surface area (Å²) in [6, 6.07) is 22.5. The molecule has 3 aromatic carbocycles. The molecule has 2 atom stereocenters. The highest BCUT2D eigenvalue weighted by Crippen LogP contribution is 2.23. The predicted octanol–water partition coefficient (Wildman–Crippen LogP) is 4.37. The highest BCUT2D eigenvalue weighted by molar-refractivity contribution is 7.92. The molecule has 2 amide bonds. The molecular weight excluding hydrogens is 542 g/mol. The Kier molecular flexibility index (Phi) is 11.2. The summed E-state index contributed by atoms with van der Waals surface area (Å²) in [5, 5.41) is 2.91. The average Bonchev–Trinajstić information content (AvgIpc) is 2.97. The molecule has 0 fully saturated rings. The van der Waals surface area contributed by atoms with Gasteiger partial charge in [0.1, 0.15) is 30.7 Å². The Morgan fingerprint density at radius 3 is 2.17 bits per heavy atom. The van der Waals surface area contributed by atoms with Crippen molar-refractivity contribution in [3.05, 3.63) is 90.0 Å².